The first-order valence-electron chi connectivity index (χ1n) is 8.64. The molecule has 1 heterocycles. The van der Waals surface area contributed by atoms with Crippen LogP contribution in [0.2, 0.25) is 5.02 Å². The van der Waals surface area contributed by atoms with Crippen molar-refractivity contribution in [2.75, 3.05) is 19.6 Å². The first-order valence-corrected chi connectivity index (χ1v) is 11.3. The molecule has 1 amide bonds. The molecular weight excluding hydrogens is 452 g/mol. The van der Waals surface area contributed by atoms with Crippen molar-refractivity contribution in [2.45, 2.75) is 24.3 Å². The van der Waals surface area contributed by atoms with E-state index in [0.717, 1.165) is 22.9 Å². The van der Waals surface area contributed by atoms with Crippen molar-refractivity contribution < 1.29 is 13.2 Å². The number of halogens is 2. The molecule has 144 valence electrons. The molecular formula is C19H20BrClN2O3S. The van der Waals surface area contributed by atoms with Crippen LogP contribution in [-0.4, -0.2) is 43.2 Å². The first-order chi connectivity index (χ1) is 12.9. The second kappa shape index (κ2) is 8.73. The van der Waals surface area contributed by atoms with E-state index in [-0.39, 0.29) is 23.9 Å². The van der Waals surface area contributed by atoms with Gasteiger partial charge in [0.15, 0.2) is 0 Å². The number of benzene rings is 2. The molecule has 1 aliphatic heterocycles. The molecule has 0 atom stereocenters. The summed E-state index contributed by atoms with van der Waals surface area (Å²) in [5, 5.41) is 0.578. The first kappa shape index (κ1) is 20.3. The lowest BCUT2D eigenvalue weighted by atomic mass is 10.2. The average molecular weight is 472 g/mol. The number of hydrogen-bond acceptors (Lipinski definition) is 3. The Kier molecular flexibility index (Phi) is 6.57. The molecule has 0 bridgehead atoms. The Morgan fingerprint density at radius 1 is 1.04 bits per heavy atom. The van der Waals surface area contributed by atoms with Crippen molar-refractivity contribution in [3.05, 3.63) is 63.6 Å². The lowest BCUT2D eigenvalue weighted by Gasteiger charge is -2.25. The summed E-state index contributed by atoms with van der Waals surface area (Å²) in [4.78, 5) is 14.5. The van der Waals surface area contributed by atoms with E-state index in [0.29, 0.717) is 18.1 Å². The monoisotopic (exact) mass is 470 g/mol. The van der Waals surface area contributed by atoms with Crippen LogP contribution in [0.4, 0.5) is 0 Å². The molecule has 0 radical (unpaired) electrons. The highest BCUT2D eigenvalue weighted by atomic mass is 79.9. The molecule has 0 aliphatic carbocycles. The number of nitrogens with zero attached hydrogens (tertiary/aromatic N) is 2. The Hall–Kier alpha value is -1.41. The molecule has 0 spiro atoms. The maximum absolute atomic E-state index is 13.2. The lowest BCUT2D eigenvalue weighted by Crippen LogP contribution is -2.41. The minimum atomic E-state index is -3.82. The predicted molar refractivity (Wildman–Crippen MR) is 109 cm³/mol. The molecule has 0 saturated carbocycles. The molecule has 8 heteroatoms. The summed E-state index contributed by atoms with van der Waals surface area (Å²) in [6.45, 7) is 1.30. The molecule has 2 aromatic carbocycles. The summed E-state index contributed by atoms with van der Waals surface area (Å²) in [5.41, 5.74) is 0.773. The van der Waals surface area contributed by atoms with Crippen molar-refractivity contribution in [3.63, 3.8) is 0 Å². The Bertz CT molecular complexity index is 896. The van der Waals surface area contributed by atoms with Crippen molar-refractivity contribution in [2.24, 2.45) is 0 Å². The second-order valence-corrected chi connectivity index (χ2v) is 9.73. The minimum absolute atomic E-state index is 0.106. The van der Waals surface area contributed by atoms with Crippen molar-refractivity contribution >= 4 is 43.5 Å². The van der Waals surface area contributed by atoms with Crippen LogP contribution in [0.25, 0.3) is 0 Å². The van der Waals surface area contributed by atoms with E-state index in [2.05, 4.69) is 15.9 Å². The second-order valence-electron chi connectivity index (χ2n) is 6.44. The quantitative estimate of drug-likeness (QED) is 0.642. The number of hydrogen-bond donors (Lipinski definition) is 0. The smallest absolute Gasteiger partial charge is 0.243 e. The molecule has 0 aromatic heterocycles. The zero-order valence-corrected chi connectivity index (χ0v) is 17.8. The molecule has 3 rings (SSSR count). The highest BCUT2D eigenvalue weighted by Gasteiger charge is 2.29. The molecule has 0 N–H and O–H groups in total. The maximum Gasteiger partial charge on any atom is 0.243 e. The number of rotatable bonds is 6. The maximum atomic E-state index is 13.2. The van der Waals surface area contributed by atoms with Gasteiger partial charge in [-0.05, 0) is 54.8 Å². The summed E-state index contributed by atoms with van der Waals surface area (Å²) >= 11 is 9.24. The normalized spacial score (nSPS) is 14.7. The number of likely N-dealkylation sites (tertiary alicyclic amines) is 1. The zero-order chi connectivity index (χ0) is 19.4. The van der Waals surface area contributed by atoms with Crippen LogP contribution in [0.1, 0.15) is 18.4 Å². The minimum Gasteiger partial charge on any atom is -0.342 e. The van der Waals surface area contributed by atoms with E-state index < -0.39 is 10.0 Å². The van der Waals surface area contributed by atoms with E-state index >= 15 is 0 Å². The number of carbonyl (C=O) groups is 1. The fraction of sp³-hybridized carbons (Fsp3) is 0.316. The highest BCUT2D eigenvalue weighted by molar-refractivity contribution is 9.10. The fourth-order valence-electron chi connectivity index (χ4n) is 2.99. The standard InChI is InChI=1S/C19H20BrClN2O3S/c20-16-5-9-18(10-6-16)27(25,26)23(13-15-3-7-17(21)8-4-15)14-19(24)22-11-1-2-12-22/h3-10H,1-2,11-14H2. The van der Waals surface area contributed by atoms with Crippen LogP contribution >= 0.6 is 27.5 Å². The largest absolute Gasteiger partial charge is 0.342 e. The Morgan fingerprint density at radius 2 is 1.63 bits per heavy atom. The number of carbonyl (C=O) groups excluding carboxylic acids is 1. The van der Waals surface area contributed by atoms with E-state index in [4.69, 9.17) is 11.6 Å². The summed E-state index contributed by atoms with van der Waals surface area (Å²) in [6.07, 6.45) is 1.92. The summed E-state index contributed by atoms with van der Waals surface area (Å²) in [6, 6.07) is 13.4. The lowest BCUT2D eigenvalue weighted by molar-refractivity contribution is -0.130. The van der Waals surface area contributed by atoms with Gasteiger partial charge < -0.3 is 4.90 Å². The SMILES string of the molecule is O=C(CN(Cc1ccc(Cl)cc1)S(=O)(=O)c1ccc(Br)cc1)N1CCCC1. The predicted octanol–water partition coefficient (Wildman–Crippen LogP) is 3.92. The van der Waals surface area contributed by atoms with Crippen LogP contribution < -0.4 is 0 Å². The Morgan fingerprint density at radius 3 is 2.22 bits per heavy atom. The molecule has 1 aliphatic rings. The van der Waals surface area contributed by atoms with Gasteiger partial charge in [-0.15, -0.1) is 0 Å². The van der Waals surface area contributed by atoms with Gasteiger partial charge in [-0.25, -0.2) is 8.42 Å². The third-order valence-corrected chi connectivity index (χ3v) is 7.08. The molecule has 5 nitrogen and oxygen atoms in total. The molecule has 2 aromatic rings. The molecule has 0 unspecified atom stereocenters. The van der Waals surface area contributed by atoms with E-state index in [1.54, 1.807) is 41.3 Å². The highest BCUT2D eigenvalue weighted by Crippen LogP contribution is 2.22. The third kappa shape index (κ3) is 5.10. The number of amides is 1. The van der Waals surface area contributed by atoms with Crippen LogP contribution in [0.15, 0.2) is 57.9 Å². The zero-order valence-electron chi connectivity index (χ0n) is 14.6. The van der Waals surface area contributed by atoms with Gasteiger partial charge in [0.05, 0.1) is 11.4 Å². The van der Waals surface area contributed by atoms with Crippen molar-refractivity contribution in [1.82, 2.24) is 9.21 Å². The fourth-order valence-corrected chi connectivity index (χ4v) is 4.76. The molecule has 27 heavy (non-hydrogen) atoms. The van der Waals surface area contributed by atoms with Crippen LogP contribution in [0, 0.1) is 0 Å². The van der Waals surface area contributed by atoms with E-state index in [1.807, 2.05) is 0 Å². The summed E-state index contributed by atoms with van der Waals surface area (Å²) < 4.78 is 28.4. The molecule has 1 saturated heterocycles. The van der Waals surface area contributed by atoms with Gasteiger partial charge >= 0.3 is 0 Å². The topological polar surface area (TPSA) is 57.7 Å². The van der Waals surface area contributed by atoms with E-state index in [9.17, 15) is 13.2 Å². The third-order valence-electron chi connectivity index (χ3n) is 4.49. The van der Waals surface area contributed by atoms with Crippen LogP contribution in [-0.2, 0) is 21.4 Å². The van der Waals surface area contributed by atoms with Gasteiger partial charge in [0.2, 0.25) is 15.9 Å². The van der Waals surface area contributed by atoms with Gasteiger partial charge in [-0.1, -0.05) is 39.7 Å². The average Bonchev–Trinajstić information content (AvgIpc) is 3.18. The van der Waals surface area contributed by atoms with E-state index in [1.165, 1.54) is 16.4 Å². The summed E-state index contributed by atoms with van der Waals surface area (Å²) in [7, 11) is -3.82. The van der Waals surface area contributed by atoms with Gasteiger partial charge in [0.25, 0.3) is 0 Å². The van der Waals surface area contributed by atoms with Gasteiger partial charge in [0.1, 0.15) is 0 Å². The van der Waals surface area contributed by atoms with Gasteiger partial charge in [0, 0.05) is 29.1 Å². The molecule has 1 fully saturated rings. The Balaban J connectivity index is 1.88. The summed E-state index contributed by atoms with van der Waals surface area (Å²) in [5.74, 6) is -0.165. The van der Waals surface area contributed by atoms with Crippen LogP contribution in [0.3, 0.4) is 0 Å². The van der Waals surface area contributed by atoms with Gasteiger partial charge in [-0.2, -0.15) is 4.31 Å². The van der Waals surface area contributed by atoms with Crippen LogP contribution in [0.5, 0.6) is 0 Å². The van der Waals surface area contributed by atoms with Gasteiger partial charge in [-0.3, -0.25) is 4.79 Å². The van der Waals surface area contributed by atoms with Crippen molar-refractivity contribution in [1.29, 1.82) is 0 Å². The number of sulfonamides is 1. The van der Waals surface area contributed by atoms with Crippen molar-refractivity contribution in [3.8, 4) is 0 Å². The Labute approximate surface area is 173 Å².